The highest BCUT2D eigenvalue weighted by Crippen LogP contribution is 2.28. The van der Waals surface area contributed by atoms with E-state index in [-0.39, 0.29) is 0 Å². The van der Waals surface area contributed by atoms with Crippen LogP contribution in [0.4, 0.5) is 0 Å². The summed E-state index contributed by atoms with van der Waals surface area (Å²) in [6, 6.07) is 9.86. The average Bonchev–Trinajstić information content (AvgIpc) is 3.33. The summed E-state index contributed by atoms with van der Waals surface area (Å²) >= 11 is 7.80. The number of imidazole rings is 2. The number of hydrogen-bond donors (Lipinski definition) is 0. The zero-order valence-corrected chi connectivity index (χ0v) is 16.3. The number of pyridine rings is 1. The van der Waals surface area contributed by atoms with Crippen molar-refractivity contribution in [3.8, 4) is 5.82 Å². The molecule has 3 aromatic heterocycles. The van der Waals surface area contributed by atoms with Gasteiger partial charge in [0, 0.05) is 43.0 Å². The maximum absolute atomic E-state index is 6.12. The molecular weight excluding hydrogens is 382 g/mol. The number of methoxy groups -OCH3 is 1. The highest BCUT2D eigenvalue weighted by Gasteiger charge is 2.12. The molecule has 0 atom stereocenters. The molecule has 8 heteroatoms. The fourth-order valence-corrected chi connectivity index (χ4v) is 3.93. The largest absolute Gasteiger partial charge is 0.383 e. The van der Waals surface area contributed by atoms with Crippen LogP contribution in [-0.2, 0) is 17.0 Å². The Labute approximate surface area is 166 Å². The van der Waals surface area contributed by atoms with Gasteiger partial charge in [-0.2, -0.15) is 0 Å². The third-order valence-corrected chi connectivity index (χ3v) is 5.42. The van der Waals surface area contributed by atoms with Gasteiger partial charge in [0.15, 0.2) is 5.16 Å². The lowest BCUT2D eigenvalue weighted by Crippen LogP contribution is -2.05. The molecule has 0 saturated carbocycles. The van der Waals surface area contributed by atoms with E-state index in [2.05, 4.69) is 20.6 Å². The van der Waals surface area contributed by atoms with Gasteiger partial charge in [0.25, 0.3) is 0 Å². The van der Waals surface area contributed by atoms with Crippen LogP contribution in [-0.4, -0.2) is 37.8 Å². The number of nitrogens with zero attached hydrogens (tertiary/aromatic N) is 5. The van der Waals surface area contributed by atoms with E-state index in [0.29, 0.717) is 11.6 Å². The Bertz CT molecular complexity index is 1030. The fraction of sp³-hybridized carbons (Fsp3) is 0.211. The van der Waals surface area contributed by atoms with E-state index in [0.717, 1.165) is 39.9 Å². The molecule has 0 aliphatic carbocycles. The molecule has 4 aromatic rings. The summed E-state index contributed by atoms with van der Waals surface area (Å²) in [7, 11) is 1.70. The van der Waals surface area contributed by atoms with Gasteiger partial charge in [0.05, 0.1) is 17.6 Å². The Morgan fingerprint density at radius 2 is 2.15 bits per heavy atom. The molecular formula is C19H18ClN5OS. The molecule has 0 N–H and O–H groups in total. The van der Waals surface area contributed by atoms with Crippen LogP contribution in [0.1, 0.15) is 5.56 Å². The molecule has 0 amide bonds. The number of halogens is 1. The molecule has 138 valence electrons. The molecule has 4 rings (SSSR count). The predicted octanol–water partition coefficient (Wildman–Crippen LogP) is 4.21. The van der Waals surface area contributed by atoms with Crippen LogP contribution in [0, 0.1) is 0 Å². The van der Waals surface area contributed by atoms with Crippen LogP contribution < -0.4 is 0 Å². The lowest BCUT2D eigenvalue weighted by molar-refractivity contribution is 0.186. The topological polar surface area (TPSA) is 57.8 Å². The molecule has 27 heavy (non-hydrogen) atoms. The molecule has 3 heterocycles. The second-order valence-corrected chi connectivity index (χ2v) is 7.33. The molecule has 0 radical (unpaired) electrons. The molecule has 0 saturated heterocycles. The number of ether oxygens (including phenoxy) is 1. The molecule has 0 aliphatic heterocycles. The van der Waals surface area contributed by atoms with Gasteiger partial charge >= 0.3 is 0 Å². The SMILES string of the molecule is COCCn1c(SCc2ccc(-n3ccnc3)nc2)nc2cc(Cl)ccc21. The summed E-state index contributed by atoms with van der Waals surface area (Å²) < 4.78 is 9.31. The normalized spacial score (nSPS) is 11.3. The minimum Gasteiger partial charge on any atom is -0.383 e. The number of thioether (sulfide) groups is 1. The van der Waals surface area contributed by atoms with Crippen molar-refractivity contribution in [1.29, 1.82) is 0 Å². The van der Waals surface area contributed by atoms with Crippen molar-refractivity contribution in [2.45, 2.75) is 17.5 Å². The van der Waals surface area contributed by atoms with E-state index in [1.54, 1.807) is 31.4 Å². The first-order valence-electron chi connectivity index (χ1n) is 8.45. The van der Waals surface area contributed by atoms with Crippen LogP contribution in [0.5, 0.6) is 0 Å². The Morgan fingerprint density at radius 3 is 2.89 bits per heavy atom. The predicted molar refractivity (Wildman–Crippen MR) is 108 cm³/mol. The van der Waals surface area contributed by atoms with Crippen molar-refractivity contribution in [3.05, 3.63) is 65.8 Å². The lowest BCUT2D eigenvalue weighted by Gasteiger charge is -2.08. The Hall–Kier alpha value is -2.35. The van der Waals surface area contributed by atoms with E-state index >= 15 is 0 Å². The van der Waals surface area contributed by atoms with Crippen molar-refractivity contribution < 1.29 is 4.74 Å². The number of aromatic nitrogens is 5. The van der Waals surface area contributed by atoms with E-state index in [1.807, 2.05) is 41.2 Å². The summed E-state index contributed by atoms with van der Waals surface area (Å²) in [5, 5.41) is 1.64. The fourth-order valence-electron chi connectivity index (χ4n) is 2.79. The number of benzene rings is 1. The van der Waals surface area contributed by atoms with E-state index in [1.165, 1.54) is 0 Å². The molecule has 0 bridgehead atoms. The molecule has 0 spiro atoms. The van der Waals surface area contributed by atoms with E-state index < -0.39 is 0 Å². The summed E-state index contributed by atoms with van der Waals surface area (Å²) in [5.74, 6) is 1.63. The first-order chi connectivity index (χ1) is 13.2. The highest BCUT2D eigenvalue weighted by atomic mass is 35.5. The maximum Gasteiger partial charge on any atom is 0.169 e. The summed E-state index contributed by atoms with van der Waals surface area (Å²) in [5.41, 5.74) is 3.09. The number of rotatable bonds is 7. The van der Waals surface area contributed by atoms with Gasteiger partial charge in [-0.25, -0.2) is 15.0 Å². The van der Waals surface area contributed by atoms with Gasteiger partial charge in [0.1, 0.15) is 12.1 Å². The van der Waals surface area contributed by atoms with Gasteiger partial charge in [-0.3, -0.25) is 4.57 Å². The first kappa shape index (κ1) is 18.0. The minimum atomic E-state index is 0.628. The first-order valence-corrected chi connectivity index (χ1v) is 9.82. The minimum absolute atomic E-state index is 0.628. The standard InChI is InChI=1S/C19H18ClN5OS/c1-26-9-8-25-17-4-3-15(20)10-16(17)23-19(25)27-12-14-2-5-18(22-11-14)24-7-6-21-13-24/h2-7,10-11,13H,8-9,12H2,1H3. The zero-order chi connectivity index (χ0) is 18.6. The third kappa shape index (κ3) is 4.00. The molecule has 0 unspecified atom stereocenters. The molecule has 0 aliphatic rings. The van der Waals surface area contributed by atoms with Crippen LogP contribution in [0.25, 0.3) is 16.9 Å². The van der Waals surface area contributed by atoms with E-state index in [9.17, 15) is 0 Å². The Morgan fingerprint density at radius 1 is 1.22 bits per heavy atom. The van der Waals surface area contributed by atoms with Crippen LogP contribution in [0.3, 0.4) is 0 Å². The van der Waals surface area contributed by atoms with Gasteiger partial charge in [-0.15, -0.1) is 0 Å². The lowest BCUT2D eigenvalue weighted by atomic mass is 10.3. The van der Waals surface area contributed by atoms with Crippen molar-refractivity contribution in [2.75, 3.05) is 13.7 Å². The van der Waals surface area contributed by atoms with Crippen molar-refractivity contribution in [2.24, 2.45) is 0 Å². The summed E-state index contributed by atoms with van der Waals surface area (Å²) in [4.78, 5) is 13.3. The molecule has 1 aromatic carbocycles. The Balaban J connectivity index is 1.54. The van der Waals surface area contributed by atoms with Gasteiger partial charge < -0.3 is 9.30 Å². The van der Waals surface area contributed by atoms with Crippen LogP contribution >= 0.6 is 23.4 Å². The van der Waals surface area contributed by atoms with E-state index in [4.69, 9.17) is 21.3 Å². The van der Waals surface area contributed by atoms with Gasteiger partial charge in [0.2, 0.25) is 0 Å². The van der Waals surface area contributed by atoms with Crippen molar-refractivity contribution >= 4 is 34.4 Å². The molecule has 6 nitrogen and oxygen atoms in total. The maximum atomic E-state index is 6.12. The van der Waals surface area contributed by atoms with Crippen LogP contribution in [0.2, 0.25) is 5.02 Å². The average molecular weight is 400 g/mol. The smallest absolute Gasteiger partial charge is 0.169 e. The van der Waals surface area contributed by atoms with Gasteiger partial charge in [-0.05, 0) is 29.8 Å². The molecule has 0 fully saturated rings. The quantitative estimate of drug-likeness (QED) is 0.436. The summed E-state index contributed by atoms with van der Waals surface area (Å²) in [6.07, 6.45) is 7.24. The van der Waals surface area contributed by atoms with Gasteiger partial charge in [-0.1, -0.05) is 29.4 Å². The second kappa shape index (κ2) is 8.12. The van der Waals surface area contributed by atoms with Crippen molar-refractivity contribution in [3.63, 3.8) is 0 Å². The number of fused-ring (bicyclic) bond motifs is 1. The van der Waals surface area contributed by atoms with Crippen LogP contribution in [0.15, 0.2) is 60.4 Å². The van der Waals surface area contributed by atoms with Crippen molar-refractivity contribution in [1.82, 2.24) is 24.1 Å². The highest BCUT2D eigenvalue weighted by molar-refractivity contribution is 7.98. The monoisotopic (exact) mass is 399 g/mol. The number of hydrogen-bond acceptors (Lipinski definition) is 5. The third-order valence-electron chi connectivity index (χ3n) is 4.14. The summed E-state index contributed by atoms with van der Waals surface area (Å²) in [6.45, 7) is 1.37. The Kier molecular flexibility index (Phi) is 5.42. The zero-order valence-electron chi connectivity index (χ0n) is 14.7. The second-order valence-electron chi connectivity index (χ2n) is 5.96.